The first-order chi connectivity index (χ1) is 14.8. The number of carbonyl (C=O) groups is 1. The number of sulfonamides is 1. The first-order valence-electron chi connectivity index (χ1n) is 9.03. The van der Waals surface area contributed by atoms with E-state index >= 15 is 0 Å². The van der Waals surface area contributed by atoms with Crippen LogP contribution in [-0.2, 0) is 14.8 Å². The van der Waals surface area contributed by atoms with Crippen LogP contribution in [0.15, 0.2) is 65.6 Å². The number of esters is 1. The van der Waals surface area contributed by atoms with Gasteiger partial charge in [0.25, 0.3) is 10.0 Å². The van der Waals surface area contributed by atoms with Crippen molar-refractivity contribution >= 4 is 33.3 Å². The van der Waals surface area contributed by atoms with Crippen LogP contribution in [0.1, 0.15) is 10.4 Å². The van der Waals surface area contributed by atoms with Gasteiger partial charge in [0, 0.05) is 0 Å². The minimum absolute atomic E-state index is 0.0290. The van der Waals surface area contributed by atoms with Crippen LogP contribution in [0.3, 0.4) is 0 Å². The highest BCUT2D eigenvalue weighted by molar-refractivity contribution is 7.92. The predicted octanol–water partition coefficient (Wildman–Crippen LogP) is 4.61. The second kappa shape index (κ2) is 9.28. The summed E-state index contributed by atoms with van der Waals surface area (Å²) in [5.41, 5.74) is 1.87. The molecular formula is C22H20ClNO6S. The van der Waals surface area contributed by atoms with E-state index < -0.39 is 16.0 Å². The molecule has 0 amide bonds. The summed E-state index contributed by atoms with van der Waals surface area (Å²) in [4.78, 5) is 11.6. The van der Waals surface area contributed by atoms with Crippen molar-refractivity contribution < 1.29 is 27.4 Å². The normalized spacial score (nSPS) is 11.0. The number of methoxy groups -OCH3 is 3. The number of ether oxygens (including phenoxy) is 3. The average Bonchev–Trinajstić information content (AvgIpc) is 2.78. The molecule has 162 valence electrons. The average molecular weight is 462 g/mol. The lowest BCUT2D eigenvalue weighted by molar-refractivity contribution is 0.0600. The molecule has 0 heterocycles. The molecule has 0 aliphatic carbocycles. The van der Waals surface area contributed by atoms with Crippen LogP contribution < -0.4 is 14.2 Å². The molecule has 0 bridgehead atoms. The number of hydrogen-bond acceptors (Lipinski definition) is 6. The molecule has 0 aliphatic rings. The standard InChI is InChI=1S/C22H20ClNO6S/c1-28-19-10-9-15(14-7-5-4-6-8-14)12-18(19)24-31(26,27)20-13-16(22(25)30-3)11-17(23)21(20)29-2/h4-13,24H,1-3H3. The third-order valence-corrected chi connectivity index (χ3v) is 6.13. The van der Waals surface area contributed by atoms with Crippen LogP contribution >= 0.6 is 11.6 Å². The van der Waals surface area contributed by atoms with Crippen molar-refractivity contribution in [2.24, 2.45) is 0 Å². The topological polar surface area (TPSA) is 90.9 Å². The fourth-order valence-corrected chi connectivity index (χ4v) is 4.63. The van der Waals surface area contributed by atoms with E-state index in [0.29, 0.717) is 5.75 Å². The zero-order chi connectivity index (χ0) is 22.6. The summed E-state index contributed by atoms with van der Waals surface area (Å²) in [7, 11) is -0.313. The molecule has 0 spiro atoms. The molecule has 0 unspecified atom stereocenters. The van der Waals surface area contributed by atoms with E-state index in [1.165, 1.54) is 27.4 Å². The number of rotatable bonds is 7. The molecule has 3 rings (SSSR count). The van der Waals surface area contributed by atoms with Crippen molar-refractivity contribution in [2.45, 2.75) is 4.90 Å². The van der Waals surface area contributed by atoms with E-state index in [9.17, 15) is 13.2 Å². The van der Waals surface area contributed by atoms with Gasteiger partial charge in [-0.3, -0.25) is 4.72 Å². The number of carbonyl (C=O) groups excluding carboxylic acids is 1. The van der Waals surface area contributed by atoms with Gasteiger partial charge >= 0.3 is 5.97 Å². The zero-order valence-electron chi connectivity index (χ0n) is 17.0. The fourth-order valence-electron chi connectivity index (χ4n) is 3.00. The molecule has 1 N–H and O–H groups in total. The highest BCUT2D eigenvalue weighted by Gasteiger charge is 2.26. The molecule has 7 nitrogen and oxygen atoms in total. The summed E-state index contributed by atoms with van der Waals surface area (Å²) in [6, 6.07) is 17.0. The Morgan fingerprint density at radius 2 is 1.61 bits per heavy atom. The summed E-state index contributed by atoms with van der Waals surface area (Å²) < 4.78 is 44.2. The van der Waals surface area contributed by atoms with Gasteiger partial charge in [-0.2, -0.15) is 0 Å². The second-order valence-corrected chi connectivity index (χ2v) is 8.43. The highest BCUT2D eigenvalue weighted by atomic mass is 35.5. The van der Waals surface area contributed by atoms with Crippen molar-refractivity contribution in [3.63, 3.8) is 0 Å². The Labute approximate surface area is 185 Å². The summed E-state index contributed by atoms with van der Waals surface area (Å²) in [5, 5.41) is -0.0456. The largest absolute Gasteiger partial charge is 0.495 e. The third-order valence-electron chi connectivity index (χ3n) is 4.48. The van der Waals surface area contributed by atoms with Crippen LogP contribution in [-0.4, -0.2) is 35.7 Å². The number of nitrogens with one attached hydrogen (secondary N) is 1. The number of halogens is 1. The molecular weight excluding hydrogens is 442 g/mol. The van der Waals surface area contributed by atoms with Crippen LogP contribution in [0, 0.1) is 0 Å². The maximum atomic E-state index is 13.3. The fraction of sp³-hybridized carbons (Fsp3) is 0.136. The Bertz CT molecular complexity index is 1210. The predicted molar refractivity (Wildman–Crippen MR) is 119 cm³/mol. The van der Waals surface area contributed by atoms with Gasteiger partial charge in [-0.25, -0.2) is 13.2 Å². The van der Waals surface area contributed by atoms with Crippen molar-refractivity contribution in [1.29, 1.82) is 0 Å². The molecule has 0 fully saturated rings. The van der Waals surface area contributed by atoms with Crippen LogP contribution in [0.2, 0.25) is 5.02 Å². The Balaban J connectivity index is 2.10. The highest BCUT2D eigenvalue weighted by Crippen LogP contribution is 2.37. The van der Waals surface area contributed by atoms with Gasteiger partial charge in [-0.1, -0.05) is 48.0 Å². The van der Waals surface area contributed by atoms with Gasteiger partial charge in [0.15, 0.2) is 5.75 Å². The van der Waals surface area contributed by atoms with Gasteiger partial charge in [0.1, 0.15) is 10.6 Å². The van der Waals surface area contributed by atoms with Crippen LogP contribution in [0.4, 0.5) is 5.69 Å². The Morgan fingerprint density at radius 1 is 0.903 bits per heavy atom. The van der Waals surface area contributed by atoms with Gasteiger partial charge in [-0.05, 0) is 35.4 Å². The Kier molecular flexibility index (Phi) is 6.72. The molecule has 0 aliphatic heterocycles. The number of anilines is 1. The lowest BCUT2D eigenvalue weighted by Crippen LogP contribution is -2.16. The third kappa shape index (κ3) is 4.76. The maximum absolute atomic E-state index is 13.3. The van der Waals surface area contributed by atoms with Crippen LogP contribution in [0.5, 0.6) is 11.5 Å². The van der Waals surface area contributed by atoms with E-state index in [1.54, 1.807) is 12.1 Å². The van der Waals surface area contributed by atoms with Crippen molar-refractivity contribution in [2.75, 3.05) is 26.1 Å². The quantitative estimate of drug-likeness (QED) is 0.516. The van der Waals surface area contributed by atoms with Gasteiger partial charge in [-0.15, -0.1) is 0 Å². The van der Waals surface area contributed by atoms with E-state index in [4.69, 9.17) is 21.1 Å². The Morgan fingerprint density at radius 3 is 2.23 bits per heavy atom. The molecule has 9 heteroatoms. The molecule has 0 saturated carbocycles. The van der Waals surface area contributed by atoms with Crippen molar-refractivity contribution in [1.82, 2.24) is 0 Å². The minimum atomic E-state index is -4.22. The first kappa shape index (κ1) is 22.5. The maximum Gasteiger partial charge on any atom is 0.337 e. The number of benzene rings is 3. The van der Waals surface area contributed by atoms with Crippen LogP contribution in [0.25, 0.3) is 11.1 Å². The van der Waals surface area contributed by atoms with E-state index in [2.05, 4.69) is 9.46 Å². The van der Waals surface area contributed by atoms with E-state index in [0.717, 1.165) is 17.2 Å². The van der Waals surface area contributed by atoms with Crippen molar-refractivity contribution in [3.8, 4) is 22.6 Å². The summed E-state index contributed by atoms with van der Waals surface area (Å²) in [5.74, 6) is -0.512. The molecule has 0 saturated heterocycles. The summed E-state index contributed by atoms with van der Waals surface area (Å²) >= 11 is 6.16. The molecule has 0 radical (unpaired) electrons. The molecule has 3 aromatic carbocycles. The first-order valence-corrected chi connectivity index (χ1v) is 10.9. The minimum Gasteiger partial charge on any atom is -0.495 e. The monoisotopic (exact) mass is 461 g/mol. The smallest absolute Gasteiger partial charge is 0.337 e. The lowest BCUT2D eigenvalue weighted by Gasteiger charge is -2.16. The van der Waals surface area contributed by atoms with E-state index in [-0.39, 0.29) is 26.9 Å². The summed E-state index contributed by atoms with van der Waals surface area (Å²) in [6.07, 6.45) is 0. The SMILES string of the molecule is COC(=O)c1cc(Cl)c(OC)c(S(=O)(=O)Nc2cc(-c3ccccc3)ccc2OC)c1. The molecule has 0 atom stereocenters. The summed E-state index contributed by atoms with van der Waals surface area (Å²) in [6.45, 7) is 0. The zero-order valence-corrected chi connectivity index (χ0v) is 18.6. The molecule has 0 aromatic heterocycles. The van der Waals surface area contributed by atoms with Gasteiger partial charge < -0.3 is 14.2 Å². The second-order valence-electron chi connectivity index (χ2n) is 6.37. The van der Waals surface area contributed by atoms with Gasteiger partial charge in [0.2, 0.25) is 0 Å². The van der Waals surface area contributed by atoms with Crippen molar-refractivity contribution in [3.05, 3.63) is 71.2 Å². The van der Waals surface area contributed by atoms with E-state index in [1.807, 2.05) is 36.4 Å². The number of hydrogen-bond donors (Lipinski definition) is 1. The Hall–Kier alpha value is -3.23. The molecule has 3 aromatic rings. The molecule has 31 heavy (non-hydrogen) atoms. The van der Waals surface area contributed by atoms with Gasteiger partial charge in [0.05, 0.1) is 37.6 Å². The lowest BCUT2D eigenvalue weighted by atomic mass is 10.1.